The van der Waals surface area contributed by atoms with Gasteiger partial charge < -0.3 is 39.0 Å². The summed E-state index contributed by atoms with van der Waals surface area (Å²) in [4.78, 5) is 51.2. The average molecular weight is 1080 g/mol. The number of hydrogen-bond acceptors (Lipinski definition) is 11. The molecular formula is C65H108O12. The summed E-state index contributed by atoms with van der Waals surface area (Å²) in [5.41, 5.74) is 0. The lowest BCUT2D eigenvalue weighted by Gasteiger charge is -2.40. The molecule has 0 aliphatic carbocycles. The van der Waals surface area contributed by atoms with Crippen molar-refractivity contribution >= 4 is 23.9 Å². The Kier molecular flexibility index (Phi) is 48.4. The second-order valence-electron chi connectivity index (χ2n) is 20.6. The van der Waals surface area contributed by atoms with Gasteiger partial charge in [-0.1, -0.05) is 202 Å². The van der Waals surface area contributed by atoms with E-state index in [9.17, 15) is 34.5 Å². The van der Waals surface area contributed by atoms with Gasteiger partial charge in [-0.25, -0.2) is 4.79 Å². The zero-order valence-corrected chi connectivity index (χ0v) is 48.4. The van der Waals surface area contributed by atoms with Gasteiger partial charge in [-0.15, -0.1) is 0 Å². The SMILES string of the molecule is CC/C=C\C/C=C\C/C=C\C/C=C\CCCCC(=O)OC1C(OCC(COC(=O)CCCCCCCCC/C=C\CCCCCCCC)OC(=O)CCCCCCC/C=C\C/C=C\CCCCC)OC(C(=O)O)C(O)C1O. The standard InChI is InChI=1S/C65H108O12/c1-4-7-10-13-16-19-22-25-28-29-32-33-36-39-42-45-48-51-57(66)73-54-56(75-58(67)52-49-46-43-40-37-34-30-26-23-20-17-14-11-8-5-2)55-74-65-63(61(70)60(69)62(77-65)64(71)72)76-59(68)53-50-47-44-41-38-35-31-27-24-21-18-15-12-9-6-3/h9,12,17-18,20-21,25-28,30-31,38,41,56,60-63,65,69-70H,4-8,10-11,13-16,19,22-24,29,32-37,39-40,42-55H2,1-3H3,(H,71,72)/b12-9-,20-17-,21-18-,28-25-,30-26-,31-27-,41-38-. The van der Waals surface area contributed by atoms with Crippen LogP contribution < -0.4 is 0 Å². The number of rotatable bonds is 51. The Labute approximate surface area is 467 Å². The molecule has 0 spiro atoms. The number of carbonyl (C=O) groups excluding carboxylic acids is 3. The molecule has 0 saturated carbocycles. The molecule has 12 heteroatoms. The number of hydrogen-bond donors (Lipinski definition) is 3. The fourth-order valence-corrected chi connectivity index (χ4v) is 8.74. The number of carboxylic acids is 1. The molecule has 0 aromatic heterocycles. The number of carbonyl (C=O) groups is 4. The van der Waals surface area contributed by atoms with E-state index < -0.39 is 67.3 Å². The highest BCUT2D eigenvalue weighted by Crippen LogP contribution is 2.26. The largest absolute Gasteiger partial charge is 0.479 e. The number of allylic oxidation sites excluding steroid dienone is 14. The first kappa shape index (κ1) is 70.9. The zero-order chi connectivity index (χ0) is 56.1. The Morgan fingerprint density at radius 1 is 0.442 bits per heavy atom. The summed E-state index contributed by atoms with van der Waals surface area (Å²) in [6, 6.07) is 0. The molecule has 0 bridgehead atoms. The van der Waals surface area contributed by atoms with Crippen LogP contribution in [0.15, 0.2) is 85.1 Å². The number of ether oxygens (including phenoxy) is 5. The maximum atomic E-state index is 13.2. The molecule has 3 N–H and O–H groups in total. The van der Waals surface area contributed by atoms with Crippen molar-refractivity contribution in [3.63, 3.8) is 0 Å². The van der Waals surface area contributed by atoms with Crippen LogP contribution in [0.2, 0.25) is 0 Å². The highest BCUT2D eigenvalue weighted by Gasteiger charge is 2.50. The molecule has 77 heavy (non-hydrogen) atoms. The fourth-order valence-electron chi connectivity index (χ4n) is 8.74. The van der Waals surface area contributed by atoms with Crippen LogP contribution in [0.25, 0.3) is 0 Å². The van der Waals surface area contributed by atoms with Gasteiger partial charge in [-0.2, -0.15) is 0 Å². The van der Waals surface area contributed by atoms with Gasteiger partial charge in [0.15, 0.2) is 24.6 Å². The first-order chi connectivity index (χ1) is 37.6. The van der Waals surface area contributed by atoms with Crippen molar-refractivity contribution in [1.82, 2.24) is 0 Å². The Hall–Kier alpha value is -4.10. The van der Waals surface area contributed by atoms with Gasteiger partial charge in [-0.3, -0.25) is 14.4 Å². The molecule has 0 radical (unpaired) electrons. The second-order valence-corrected chi connectivity index (χ2v) is 20.6. The molecule has 1 fully saturated rings. The smallest absolute Gasteiger partial charge is 0.335 e. The van der Waals surface area contributed by atoms with Crippen LogP contribution >= 0.6 is 0 Å². The summed E-state index contributed by atoms with van der Waals surface area (Å²) >= 11 is 0. The van der Waals surface area contributed by atoms with Crippen LogP contribution in [-0.2, 0) is 42.9 Å². The number of aliphatic hydroxyl groups is 2. The van der Waals surface area contributed by atoms with Crippen LogP contribution in [0, 0.1) is 0 Å². The number of aliphatic carboxylic acids is 1. The normalized spacial score (nSPS) is 18.6. The lowest BCUT2D eigenvalue weighted by atomic mass is 9.98. The number of aliphatic hydroxyl groups excluding tert-OH is 2. The monoisotopic (exact) mass is 1080 g/mol. The van der Waals surface area contributed by atoms with Crippen molar-refractivity contribution < 1.29 is 58.2 Å². The molecule has 0 aromatic carbocycles. The Balaban J connectivity index is 2.72. The van der Waals surface area contributed by atoms with Crippen molar-refractivity contribution in [1.29, 1.82) is 0 Å². The number of unbranched alkanes of at least 4 members (excludes halogenated alkanes) is 23. The van der Waals surface area contributed by atoms with E-state index in [1.165, 1.54) is 83.5 Å². The van der Waals surface area contributed by atoms with Gasteiger partial charge in [0.05, 0.1) is 6.61 Å². The Morgan fingerprint density at radius 2 is 0.818 bits per heavy atom. The van der Waals surface area contributed by atoms with E-state index in [0.29, 0.717) is 25.7 Å². The van der Waals surface area contributed by atoms with Crippen molar-refractivity contribution in [2.75, 3.05) is 13.2 Å². The minimum atomic E-state index is -1.92. The minimum absolute atomic E-state index is 0.00351. The van der Waals surface area contributed by atoms with E-state index >= 15 is 0 Å². The van der Waals surface area contributed by atoms with Gasteiger partial charge in [-0.05, 0) is 116 Å². The Bertz CT molecular complexity index is 1660. The van der Waals surface area contributed by atoms with Gasteiger partial charge in [0.25, 0.3) is 0 Å². The van der Waals surface area contributed by atoms with Crippen LogP contribution in [0.4, 0.5) is 0 Å². The molecule has 1 aliphatic rings. The highest BCUT2D eigenvalue weighted by molar-refractivity contribution is 5.74. The average Bonchev–Trinajstić information content (AvgIpc) is 3.43. The lowest BCUT2D eigenvalue weighted by molar-refractivity contribution is -0.301. The maximum absolute atomic E-state index is 13.2. The summed E-state index contributed by atoms with van der Waals surface area (Å²) in [5.74, 6) is -3.20. The zero-order valence-electron chi connectivity index (χ0n) is 48.4. The summed E-state index contributed by atoms with van der Waals surface area (Å²) in [7, 11) is 0. The van der Waals surface area contributed by atoms with E-state index in [4.69, 9.17) is 23.7 Å². The molecule has 1 heterocycles. The first-order valence-electron chi connectivity index (χ1n) is 30.6. The van der Waals surface area contributed by atoms with Crippen LogP contribution in [0.3, 0.4) is 0 Å². The van der Waals surface area contributed by atoms with E-state index in [0.717, 1.165) is 103 Å². The Morgan fingerprint density at radius 3 is 1.31 bits per heavy atom. The molecule has 6 atom stereocenters. The summed E-state index contributed by atoms with van der Waals surface area (Å²) in [6.07, 6.45) is 55.5. The molecule has 0 aromatic rings. The topological polar surface area (TPSA) is 175 Å². The summed E-state index contributed by atoms with van der Waals surface area (Å²) < 4.78 is 28.4. The van der Waals surface area contributed by atoms with E-state index in [1.807, 2.05) is 0 Å². The number of carboxylic acid groups (broad SMARTS) is 1. The third-order valence-electron chi connectivity index (χ3n) is 13.4. The molecule has 0 amide bonds. The second kappa shape index (κ2) is 52.6. The van der Waals surface area contributed by atoms with Crippen LogP contribution in [0.1, 0.15) is 252 Å². The van der Waals surface area contributed by atoms with Crippen LogP contribution in [0.5, 0.6) is 0 Å². The number of esters is 3. The van der Waals surface area contributed by atoms with Crippen LogP contribution in [-0.4, -0.2) is 89.2 Å². The van der Waals surface area contributed by atoms with Gasteiger partial charge in [0.1, 0.15) is 18.8 Å². The fraction of sp³-hybridized carbons (Fsp3) is 0.723. The van der Waals surface area contributed by atoms with E-state index in [1.54, 1.807) is 0 Å². The van der Waals surface area contributed by atoms with Crippen molar-refractivity contribution in [3.8, 4) is 0 Å². The van der Waals surface area contributed by atoms with Crippen molar-refractivity contribution in [3.05, 3.63) is 85.1 Å². The summed E-state index contributed by atoms with van der Waals surface area (Å²) in [6.45, 7) is 5.82. The summed E-state index contributed by atoms with van der Waals surface area (Å²) in [5, 5.41) is 31.5. The molecular weight excluding hydrogens is 973 g/mol. The minimum Gasteiger partial charge on any atom is -0.479 e. The predicted molar refractivity (Wildman–Crippen MR) is 312 cm³/mol. The molecule has 1 rings (SSSR count). The third-order valence-corrected chi connectivity index (χ3v) is 13.4. The molecule has 6 unspecified atom stereocenters. The van der Waals surface area contributed by atoms with Crippen molar-refractivity contribution in [2.45, 2.75) is 289 Å². The van der Waals surface area contributed by atoms with Gasteiger partial charge in [0, 0.05) is 19.3 Å². The van der Waals surface area contributed by atoms with E-state index in [2.05, 4.69) is 106 Å². The molecule has 440 valence electrons. The highest BCUT2D eigenvalue weighted by atomic mass is 16.7. The first-order valence-corrected chi connectivity index (χ1v) is 30.6. The van der Waals surface area contributed by atoms with Gasteiger partial charge in [0.2, 0.25) is 0 Å². The maximum Gasteiger partial charge on any atom is 0.335 e. The molecule has 1 aliphatic heterocycles. The van der Waals surface area contributed by atoms with E-state index in [-0.39, 0.29) is 25.9 Å². The third kappa shape index (κ3) is 42.5. The molecule has 1 saturated heterocycles. The quantitative estimate of drug-likeness (QED) is 0.0228. The van der Waals surface area contributed by atoms with Gasteiger partial charge >= 0.3 is 23.9 Å². The predicted octanol–water partition coefficient (Wildman–Crippen LogP) is 15.9. The molecule has 12 nitrogen and oxygen atoms in total. The lowest BCUT2D eigenvalue weighted by Crippen LogP contribution is -2.61. The van der Waals surface area contributed by atoms with Crippen molar-refractivity contribution in [2.24, 2.45) is 0 Å².